The molecule has 0 bridgehead atoms. The van der Waals surface area contributed by atoms with E-state index in [1.807, 2.05) is 0 Å². The minimum Gasteiger partial charge on any atom is -0.381 e. The molecule has 0 amide bonds. The number of hydrogen-bond acceptors (Lipinski definition) is 1. The third-order valence-electron chi connectivity index (χ3n) is 3.31. The van der Waals surface area contributed by atoms with Crippen LogP contribution in [0.15, 0.2) is 24.3 Å². The molecule has 0 N–H and O–H groups in total. The summed E-state index contributed by atoms with van der Waals surface area (Å²) in [5.74, 6) is 0. The van der Waals surface area contributed by atoms with Crippen LogP contribution < -0.4 is 5.46 Å². The largest absolute Gasteiger partial charge is 0.381 e. The summed E-state index contributed by atoms with van der Waals surface area (Å²) in [4.78, 5) is 0. The zero-order valence-corrected chi connectivity index (χ0v) is 9.05. The Bertz CT molecular complexity index is 316. The van der Waals surface area contributed by atoms with Gasteiger partial charge >= 0.3 is 0 Å². The molecular weight excluding hydrogens is 171 g/mol. The molecule has 1 saturated heterocycles. The molecule has 0 aromatic heterocycles. The third-order valence-corrected chi connectivity index (χ3v) is 3.31. The maximum atomic E-state index is 5.42. The van der Waals surface area contributed by atoms with Crippen LogP contribution in [0.1, 0.15) is 25.3 Å². The summed E-state index contributed by atoms with van der Waals surface area (Å²) in [6, 6.07) is 8.88. The van der Waals surface area contributed by atoms with Gasteiger partial charge in [0.05, 0.1) is 0 Å². The Hall–Kier alpha value is -0.755. The Morgan fingerprint density at radius 2 is 2.00 bits per heavy atom. The summed E-state index contributed by atoms with van der Waals surface area (Å²) in [5.41, 5.74) is 3.17. The van der Waals surface area contributed by atoms with Gasteiger partial charge in [0.15, 0.2) is 0 Å². The lowest BCUT2D eigenvalue weighted by molar-refractivity contribution is 0.0565. The molecule has 0 radical (unpaired) electrons. The van der Waals surface area contributed by atoms with E-state index in [0.717, 1.165) is 26.1 Å². The molecule has 1 fully saturated rings. The normalized spacial score (nSPS) is 20.6. The fourth-order valence-electron chi connectivity index (χ4n) is 2.13. The molecule has 1 aliphatic rings. The van der Waals surface area contributed by atoms with E-state index in [9.17, 15) is 0 Å². The molecule has 0 atom stereocenters. The Morgan fingerprint density at radius 3 is 2.64 bits per heavy atom. The standard InChI is InChI=1S/C12H17BO/c1-12(5-7-14-8-6-12)10-3-2-4-11(13)9-10/h2-4,9H,5-8,13H2,1H3. The second-order valence-corrected chi connectivity index (χ2v) is 4.54. The van der Waals surface area contributed by atoms with E-state index < -0.39 is 0 Å². The van der Waals surface area contributed by atoms with Crippen molar-refractivity contribution in [3.8, 4) is 0 Å². The van der Waals surface area contributed by atoms with Crippen LogP contribution in [0.4, 0.5) is 0 Å². The van der Waals surface area contributed by atoms with Crippen LogP contribution in [-0.2, 0) is 10.2 Å². The van der Waals surface area contributed by atoms with Crippen molar-refractivity contribution in [3.05, 3.63) is 29.8 Å². The lowest BCUT2D eigenvalue weighted by atomic mass is 9.74. The van der Waals surface area contributed by atoms with Crippen LogP contribution in [0.25, 0.3) is 0 Å². The Balaban J connectivity index is 2.28. The summed E-state index contributed by atoms with van der Waals surface area (Å²) < 4.78 is 5.42. The molecule has 2 rings (SSSR count). The van der Waals surface area contributed by atoms with Crippen molar-refractivity contribution in [1.29, 1.82) is 0 Å². The number of rotatable bonds is 1. The van der Waals surface area contributed by atoms with Gasteiger partial charge < -0.3 is 4.74 Å². The van der Waals surface area contributed by atoms with Gasteiger partial charge in [0.1, 0.15) is 7.85 Å². The van der Waals surface area contributed by atoms with Crippen molar-refractivity contribution in [2.75, 3.05) is 13.2 Å². The monoisotopic (exact) mass is 188 g/mol. The molecule has 0 saturated carbocycles. The summed E-state index contributed by atoms with van der Waals surface area (Å²) in [5, 5.41) is 0. The van der Waals surface area contributed by atoms with E-state index in [2.05, 4.69) is 39.0 Å². The zero-order valence-electron chi connectivity index (χ0n) is 9.05. The second-order valence-electron chi connectivity index (χ2n) is 4.54. The number of benzene rings is 1. The number of hydrogen-bond donors (Lipinski definition) is 0. The molecule has 1 nitrogen and oxygen atoms in total. The van der Waals surface area contributed by atoms with Gasteiger partial charge in [-0.25, -0.2) is 0 Å². The molecule has 1 aromatic carbocycles. The quantitative estimate of drug-likeness (QED) is 0.597. The van der Waals surface area contributed by atoms with E-state index in [-0.39, 0.29) is 0 Å². The molecule has 2 heteroatoms. The highest BCUT2D eigenvalue weighted by molar-refractivity contribution is 6.32. The predicted octanol–water partition coefficient (Wildman–Crippen LogP) is 1.01. The topological polar surface area (TPSA) is 9.23 Å². The highest BCUT2D eigenvalue weighted by atomic mass is 16.5. The van der Waals surface area contributed by atoms with Gasteiger partial charge in [-0.05, 0) is 23.8 Å². The molecule has 74 valence electrons. The first-order chi connectivity index (χ1) is 6.71. The molecule has 14 heavy (non-hydrogen) atoms. The molecule has 0 aliphatic carbocycles. The van der Waals surface area contributed by atoms with Crippen LogP contribution in [0.5, 0.6) is 0 Å². The third kappa shape index (κ3) is 1.85. The molecule has 1 aromatic rings. The minimum absolute atomic E-state index is 0.338. The van der Waals surface area contributed by atoms with Crippen molar-refractivity contribution in [2.45, 2.75) is 25.2 Å². The van der Waals surface area contributed by atoms with Crippen molar-refractivity contribution in [2.24, 2.45) is 0 Å². The average molecular weight is 188 g/mol. The lowest BCUT2D eigenvalue weighted by Crippen LogP contribution is -2.31. The SMILES string of the molecule is Bc1cccc(C2(C)CCOCC2)c1. The van der Waals surface area contributed by atoms with E-state index in [4.69, 9.17) is 4.74 Å². The maximum absolute atomic E-state index is 5.42. The fraction of sp³-hybridized carbons (Fsp3) is 0.500. The first-order valence-electron chi connectivity index (χ1n) is 5.36. The lowest BCUT2D eigenvalue weighted by Gasteiger charge is -2.34. The van der Waals surface area contributed by atoms with Crippen molar-refractivity contribution in [1.82, 2.24) is 0 Å². The predicted molar refractivity (Wildman–Crippen MR) is 62.0 cm³/mol. The zero-order chi connectivity index (χ0) is 10.0. The number of ether oxygens (including phenoxy) is 1. The molecule has 1 heterocycles. The van der Waals surface area contributed by atoms with E-state index in [0.29, 0.717) is 5.41 Å². The Morgan fingerprint density at radius 1 is 1.29 bits per heavy atom. The molecule has 0 spiro atoms. The van der Waals surface area contributed by atoms with Gasteiger partial charge in [-0.1, -0.05) is 36.7 Å². The van der Waals surface area contributed by atoms with E-state index >= 15 is 0 Å². The highest BCUT2D eigenvalue weighted by Gasteiger charge is 2.28. The van der Waals surface area contributed by atoms with Crippen LogP contribution in [0.2, 0.25) is 0 Å². The van der Waals surface area contributed by atoms with Gasteiger partial charge in [0.2, 0.25) is 0 Å². The van der Waals surface area contributed by atoms with Gasteiger partial charge in [0, 0.05) is 13.2 Å². The summed E-state index contributed by atoms with van der Waals surface area (Å²) in [6.45, 7) is 4.17. The van der Waals surface area contributed by atoms with Crippen molar-refractivity contribution >= 4 is 13.3 Å². The highest BCUT2D eigenvalue weighted by Crippen LogP contribution is 2.33. The van der Waals surface area contributed by atoms with Crippen LogP contribution in [0.3, 0.4) is 0 Å². The first-order valence-corrected chi connectivity index (χ1v) is 5.36. The second kappa shape index (κ2) is 3.78. The van der Waals surface area contributed by atoms with Gasteiger partial charge in [-0.3, -0.25) is 0 Å². The molecule has 1 aliphatic heterocycles. The summed E-state index contributed by atoms with van der Waals surface area (Å²) >= 11 is 0. The first kappa shape index (κ1) is 9.79. The van der Waals surface area contributed by atoms with Crippen LogP contribution >= 0.6 is 0 Å². The Labute approximate surface area is 86.9 Å². The minimum atomic E-state index is 0.338. The fourth-order valence-corrected chi connectivity index (χ4v) is 2.13. The summed E-state index contributed by atoms with van der Waals surface area (Å²) in [7, 11) is 2.16. The van der Waals surface area contributed by atoms with Gasteiger partial charge in [-0.15, -0.1) is 0 Å². The van der Waals surface area contributed by atoms with Crippen LogP contribution in [0, 0.1) is 0 Å². The average Bonchev–Trinajstić information content (AvgIpc) is 2.19. The van der Waals surface area contributed by atoms with E-state index in [1.54, 1.807) is 0 Å². The summed E-state index contributed by atoms with van der Waals surface area (Å²) in [6.07, 6.45) is 2.30. The van der Waals surface area contributed by atoms with Crippen molar-refractivity contribution in [3.63, 3.8) is 0 Å². The van der Waals surface area contributed by atoms with E-state index in [1.165, 1.54) is 11.0 Å². The Kier molecular flexibility index (Phi) is 2.64. The molecular formula is C12H17BO. The van der Waals surface area contributed by atoms with Crippen molar-refractivity contribution < 1.29 is 4.74 Å². The molecule has 0 unspecified atom stereocenters. The smallest absolute Gasteiger partial charge is 0.139 e. The maximum Gasteiger partial charge on any atom is 0.139 e. The van der Waals surface area contributed by atoms with Gasteiger partial charge in [-0.2, -0.15) is 0 Å². The van der Waals surface area contributed by atoms with Gasteiger partial charge in [0.25, 0.3) is 0 Å². The van der Waals surface area contributed by atoms with Crippen LogP contribution in [-0.4, -0.2) is 21.1 Å².